The first-order valence-electron chi connectivity index (χ1n) is 7.50. The van der Waals surface area contributed by atoms with Crippen LogP contribution in [0.25, 0.3) is 0 Å². The lowest BCUT2D eigenvalue weighted by Gasteiger charge is -2.38. The summed E-state index contributed by atoms with van der Waals surface area (Å²) in [5.74, 6) is 1.07. The first-order valence-corrected chi connectivity index (χ1v) is 7.50. The maximum Gasteiger partial charge on any atom is 0.0474 e. The number of ether oxygens (including phenoxy) is 1. The molecule has 1 saturated carbocycles. The Balaban J connectivity index is 1.87. The molecule has 2 aliphatic rings. The molecule has 4 heteroatoms. The van der Waals surface area contributed by atoms with Crippen LogP contribution in [0.4, 0.5) is 0 Å². The SMILES string of the molecule is NCC(NC1CCCCC1CO)C1CCOCC1. The molecular formula is C14H28N2O2. The van der Waals surface area contributed by atoms with E-state index in [4.69, 9.17) is 10.5 Å². The zero-order valence-electron chi connectivity index (χ0n) is 11.3. The van der Waals surface area contributed by atoms with Crippen molar-refractivity contribution in [1.29, 1.82) is 0 Å². The van der Waals surface area contributed by atoms with Gasteiger partial charge in [0, 0.05) is 38.4 Å². The van der Waals surface area contributed by atoms with Crippen LogP contribution in [0.3, 0.4) is 0 Å². The van der Waals surface area contributed by atoms with Crippen LogP contribution in [-0.4, -0.2) is 43.6 Å². The van der Waals surface area contributed by atoms with Crippen molar-refractivity contribution >= 4 is 0 Å². The van der Waals surface area contributed by atoms with Crippen LogP contribution < -0.4 is 11.1 Å². The molecule has 0 aromatic heterocycles. The van der Waals surface area contributed by atoms with Crippen LogP contribution in [0.2, 0.25) is 0 Å². The highest BCUT2D eigenvalue weighted by Crippen LogP contribution is 2.26. The van der Waals surface area contributed by atoms with Gasteiger partial charge in [0.2, 0.25) is 0 Å². The second-order valence-corrected chi connectivity index (χ2v) is 5.79. The quantitative estimate of drug-likeness (QED) is 0.683. The Kier molecular flexibility index (Phi) is 5.89. The molecule has 0 bridgehead atoms. The molecule has 4 N–H and O–H groups in total. The molecule has 106 valence electrons. The molecule has 4 nitrogen and oxygen atoms in total. The highest BCUT2D eigenvalue weighted by Gasteiger charge is 2.29. The van der Waals surface area contributed by atoms with E-state index in [1.54, 1.807) is 0 Å². The molecule has 0 aromatic carbocycles. The number of hydrogen-bond acceptors (Lipinski definition) is 4. The van der Waals surface area contributed by atoms with Crippen molar-refractivity contribution in [3.05, 3.63) is 0 Å². The zero-order valence-corrected chi connectivity index (χ0v) is 11.3. The number of nitrogens with two attached hydrogens (primary N) is 1. The van der Waals surface area contributed by atoms with Gasteiger partial charge in [0.05, 0.1) is 0 Å². The number of aliphatic hydroxyl groups excluding tert-OH is 1. The fourth-order valence-corrected chi connectivity index (χ4v) is 3.44. The molecule has 1 aliphatic heterocycles. The lowest BCUT2D eigenvalue weighted by Crippen LogP contribution is -2.52. The number of hydrogen-bond donors (Lipinski definition) is 3. The highest BCUT2D eigenvalue weighted by atomic mass is 16.5. The summed E-state index contributed by atoms with van der Waals surface area (Å²) in [6.07, 6.45) is 7.11. The molecule has 1 heterocycles. The molecule has 3 unspecified atom stereocenters. The Labute approximate surface area is 110 Å². The van der Waals surface area contributed by atoms with E-state index in [1.807, 2.05) is 0 Å². The Morgan fingerprint density at radius 3 is 2.56 bits per heavy atom. The predicted octanol–water partition coefficient (Wildman–Crippen LogP) is 0.881. The molecule has 1 aliphatic carbocycles. The summed E-state index contributed by atoms with van der Waals surface area (Å²) in [6.45, 7) is 2.75. The molecule has 0 aromatic rings. The topological polar surface area (TPSA) is 67.5 Å². The largest absolute Gasteiger partial charge is 0.396 e. The van der Waals surface area contributed by atoms with E-state index >= 15 is 0 Å². The van der Waals surface area contributed by atoms with E-state index in [-0.39, 0.29) is 0 Å². The fraction of sp³-hybridized carbons (Fsp3) is 1.00. The van der Waals surface area contributed by atoms with E-state index in [2.05, 4.69) is 5.32 Å². The van der Waals surface area contributed by atoms with Gasteiger partial charge in [0.15, 0.2) is 0 Å². The van der Waals surface area contributed by atoms with Crippen molar-refractivity contribution in [2.75, 3.05) is 26.4 Å². The van der Waals surface area contributed by atoms with Crippen LogP contribution in [-0.2, 0) is 4.74 Å². The van der Waals surface area contributed by atoms with Crippen molar-refractivity contribution in [3.8, 4) is 0 Å². The van der Waals surface area contributed by atoms with Gasteiger partial charge in [-0.15, -0.1) is 0 Å². The molecule has 0 spiro atoms. The summed E-state index contributed by atoms with van der Waals surface area (Å²) in [5, 5.41) is 13.2. The molecular weight excluding hydrogens is 228 g/mol. The molecule has 1 saturated heterocycles. The van der Waals surface area contributed by atoms with Crippen LogP contribution in [0, 0.1) is 11.8 Å². The smallest absolute Gasteiger partial charge is 0.0474 e. The van der Waals surface area contributed by atoms with E-state index in [0.29, 0.717) is 37.1 Å². The van der Waals surface area contributed by atoms with Crippen LogP contribution in [0.15, 0.2) is 0 Å². The van der Waals surface area contributed by atoms with Gasteiger partial charge in [-0.05, 0) is 37.5 Å². The number of rotatable bonds is 5. The van der Waals surface area contributed by atoms with Gasteiger partial charge in [-0.3, -0.25) is 0 Å². The zero-order chi connectivity index (χ0) is 12.8. The normalized spacial score (nSPS) is 32.3. The second kappa shape index (κ2) is 7.43. The summed E-state index contributed by atoms with van der Waals surface area (Å²) >= 11 is 0. The monoisotopic (exact) mass is 256 g/mol. The van der Waals surface area contributed by atoms with Gasteiger partial charge in [-0.1, -0.05) is 12.8 Å². The van der Waals surface area contributed by atoms with Crippen molar-refractivity contribution in [2.45, 2.75) is 50.6 Å². The van der Waals surface area contributed by atoms with Gasteiger partial charge < -0.3 is 20.9 Å². The minimum absolute atomic E-state index is 0.308. The third-order valence-corrected chi connectivity index (χ3v) is 4.66. The number of nitrogens with one attached hydrogen (secondary N) is 1. The average Bonchev–Trinajstić information content (AvgIpc) is 2.46. The highest BCUT2D eigenvalue weighted by molar-refractivity contribution is 4.87. The Hall–Kier alpha value is -0.160. The summed E-state index contributed by atoms with van der Waals surface area (Å²) in [5.41, 5.74) is 5.94. The van der Waals surface area contributed by atoms with Crippen LogP contribution >= 0.6 is 0 Å². The van der Waals surface area contributed by atoms with E-state index < -0.39 is 0 Å². The van der Waals surface area contributed by atoms with Crippen molar-refractivity contribution in [2.24, 2.45) is 17.6 Å². The Morgan fingerprint density at radius 1 is 1.17 bits per heavy atom. The lowest BCUT2D eigenvalue weighted by atomic mass is 9.83. The van der Waals surface area contributed by atoms with Crippen LogP contribution in [0.1, 0.15) is 38.5 Å². The summed E-state index contributed by atoms with van der Waals surface area (Å²) in [6, 6.07) is 0.853. The molecule has 2 rings (SSSR count). The summed E-state index contributed by atoms with van der Waals surface area (Å²) < 4.78 is 5.42. The van der Waals surface area contributed by atoms with Gasteiger partial charge in [0.1, 0.15) is 0 Å². The van der Waals surface area contributed by atoms with Crippen molar-refractivity contribution in [3.63, 3.8) is 0 Å². The molecule has 18 heavy (non-hydrogen) atoms. The third kappa shape index (κ3) is 3.67. The maximum absolute atomic E-state index is 9.47. The van der Waals surface area contributed by atoms with Gasteiger partial charge in [-0.2, -0.15) is 0 Å². The van der Waals surface area contributed by atoms with Crippen molar-refractivity contribution in [1.82, 2.24) is 5.32 Å². The van der Waals surface area contributed by atoms with Crippen LogP contribution in [0.5, 0.6) is 0 Å². The molecule has 2 fully saturated rings. The van der Waals surface area contributed by atoms with Gasteiger partial charge >= 0.3 is 0 Å². The Bertz CT molecular complexity index is 232. The lowest BCUT2D eigenvalue weighted by molar-refractivity contribution is 0.0482. The van der Waals surface area contributed by atoms with E-state index in [9.17, 15) is 5.11 Å². The minimum atomic E-state index is 0.308. The van der Waals surface area contributed by atoms with Gasteiger partial charge in [0.25, 0.3) is 0 Å². The standard InChI is InChI=1S/C14H28N2O2/c15-9-14(11-5-7-18-8-6-11)16-13-4-2-1-3-12(13)10-17/h11-14,16-17H,1-10,15H2. The Morgan fingerprint density at radius 2 is 1.89 bits per heavy atom. The van der Waals surface area contributed by atoms with E-state index in [0.717, 1.165) is 32.5 Å². The van der Waals surface area contributed by atoms with E-state index in [1.165, 1.54) is 19.3 Å². The molecule has 0 radical (unpaired) electrons. The minimum Gasteiger partial charge on any atom is -0.396 e. The fourth-order valence-electron chi connectivity index (χ4n) is 3.44. The first kappa shape index (κ1) is 14.3. The molecule has 0 amide bonds. The van der Waals surface area contributed by atoms with Gasteiger partial charge in [-0.25, -0.2) is 0 Å². The third-order valence-electron chi connectivity index (χ3n) is 4.66. The number of aliphatic hydroxyl groups is 1. The average molecular weight is 256 g/mol. The molecule has 3 atom stereocenters. The maximum atomic E-state index is 9.47. The second-order valence-electron chi connectivity index (χ2n) is 5.79. The predicted molar refractivity (Wildman–Crippen MR) is 72.4 cm³/mol. The summed E-state index contributed by atoms with van der Waals surface area (Å²) in [7, 11) is 0. The first-order chi connectivity index (χ1) is 8.85. The summed E-state index contributed by atoms with van der Waals surface area (Å²) in [4.78, 5) is 0. The van der Waals surface area contributed by atoms with Crippen molar-refractivity contribution < 1.29 is 9.84 Å².